The Morgan fingerprint density at radius 2 is 1.60 bits per heavy atom. The van der Waals surface area contributed by atoms with E-state index in [-0.39, 0.29) is 0 Å². The van der Waals surface area contributed by atoms with Gasteiger partial charge in [0.1, 0.15) is 5.82 Å². The Morgan fingerprint density at radius 3 is 2.37 bits per heavy atom. The first-order valence-electron chi connectivity index (χ1n) is 10.5. The lowest BCUT2D eigenvalue weighted by Gasteiger charge is -2.10. The van der Waals surface area contributed by atoms with Crippen molar-refractivity contribution in [2.45, 2.75) is 26.2 Å². The Hall–Kier alpha value is -3.04. The van der Waals surface area contributed by atoms with Gasteiger partial charge in [-0.15, -0.1) is 0 Å². The van der Waals surface area contributed by atoms with Crippen molar-refractivity contribution in [2.75, 3.05) is 11.9 Å². The summed E-state index contributed by atoms with van der Waals surface area (Å²) in [4.78, 5) is 0. The first-order chi connectivity index (χ1) is 14.7. The lowest BCUT2D eigenvalue weighted by atomic mass is 10.00. The number of hydrogen-bond acceptors (Lipinski definition) is 2. The average molecular weight is 414 g/mol. The van der Waals surface area contributed by atoms with Gasteiger partial charge in [-0.2, -0.15) is 5.10 Å². The number of benzene rings is 3. The van der Waals surface area contributed by atoms with E-state index in [2.05, 4.69) is 66.0 Å². The van der Waals surface area contributed by atoms with Crippen molar-refractivity contribution in [3.8, 4) is 28.1 Å². The van der Waals surface area contributed by atoms with Crippen molar-refractivity contribution in [3.05, 3.63) is 88.9 Å². The van der Waals surface area contributed by atoms with Crippen LogP contribution in [0, 0.1) is 6.92 Å². The number of nitrogens with one attached hydrogen (secondary N) is 1. The number of aryl methyl sites for hydroxylation is 1. The molecule has 150 valence electrons. The van der Waals surface area contributed by atoms with Crippen molar-refractivity contribution < 1.29 is 0 Å². The van der Waals surface area contributed by atoms with Crippen LogP contribution in [0.2, 0.25) is 5.02 Å². The summed E-state index contributed by atoms with van der Waals surface area (Å²) in [5, 5.41) is 9.42. The van der Waals surface area contributed by atoms with Gasteiger partial charge in [-0.1, -0.05) is 72.3 Å². The third-order valence-electron chi connectivity index (χ3n) is 5.79. The summed E-state index contributed by atoms with van der Waals surface area (Å²) in [6, 6.07) is 25.3. The van der Waals surface area contributed by atoms with Crippen LogP contribution in [0.4, 0.5) is 5.82 Å². The molecule has 0 amide bonds. The molecule has 0 aliphatic carbocycles. The fraction of sp³-hybridized carbons (Fsp3) is 0.192. The quantitative estimate of drug-likeness (QED) is 0.395. The number of rotatable bonds is 3. The highest BCUT2D eigenvalue weighted by molar-refractivity contribution is 6.31. The molecule has 3 aromatic carbocycles. The molecule has 0 fully saturated rings. The Morgan fingerprint density at radius 1 is 0.867 bits per heavy atom. The second-order valence-corrected chi connectivity index (χ2v) is 8.26. The topological polar surface area (TPSA) is 29.9 Å². The standard InChI is InChI=1S/C26H24ClN3/c1-18-10-15-22(17-24(18)27)30-26-23(9-5-6-16-28-26)25(29-30)21-13-11-20(12-14-21)19-7-3-2-4-8-19/h2-4,7-8,10-15,17,28H,5-6,9,16H2,1H3. The average Bonchev–Trinajstić information content (AvgIpc) is 2.97. The molecule has 30 heavy (non-hydrogen) atoms. The van der Waals surface area contributed by atoms with Gasteiger partial charge in [0, 0.05) is 22.7 Å². The second-order valence-electron chi connectivity index (χ2n) is 7.85. The summed E-state index contributed by atoms with van der Waals surface area (Å²) in [6.07, 6.45) is 3.35. The van der Waals surface area contributed by atoms with E-state index in [9.17, 15) is 0 Å². The number of hydrogen-bond donors (Lipinski definition) is 1. The van der Waals surface area contributed by atoms with E-state index in [0.717, 1.165) is 59.2 Å². The Balaban J connectivity index is 1.60. The number of anilines is 1. The smallest absolute Gasteiger partial charge is 0.133 e. The van der Waals surface area contributed by atoms with Crippen molar-refractivity contribution in [1.82, 2.24) is 9.78 Å². The zero-order valence-corrected chi connectivity index (χ0v) is 17.8. The van der Waals surface area contributed by atoms with Crippen LogP contribution in [0.15, 0.2) is 72.8 Å². The molecule has 1 aromatic heterocycles. The Labute approximate surface area is 182 Å². The molecule has 3 nitrogen and oxygen atoms in total. The van der Waals surface area contributed by atoms with Crippen molar-refractivity contribution in [3.63, 3.8) is 0 Å². The molecule has 0 atom stereocenters. The maximum atomic E-state index is 6.42. The van der Waals surface area contributed by atoms with Gasteiger partial charge < -0.3 is 5.32 Å². The van der Waals surface area contributed by atoms with Gasteiger partial charge in [0.25, 0.3) is 0 Å². The summed E-state index contributed by atoms with van der Waals surface area (Å²) in [6.45, 7) is 2.98. The second kappa shape index (κ2) is 8.00. The van der Waals surface area contributed by atoms with Gasteiger partial charge in [-0.3, -0.25) is 0 Å². The highest BCUT2D eigenvalue weighted by Gasteiger charge is 2.22. The van der Waals surface area contributed by atoms with Crippen molar-refractivity contribution in [2.24, 2.45) is 0 Å². The highest BCUT2D eigenvalue weighted by atomic mass is 35.5. The number of fused-ring (bicyclic) bond motifs is 1. The number of halogens is 1. The van der Waals surface area contributed by atoms with Crippen LogP contribution in [0.3, 0.4) is 0 Å². The molecule has 0 unspecified atom stereocenters. The molecule has 1 aliphatic rings. The molecular weight excluding hydrogens is 390 g/mol. The summed E-state index contributed by atoms with van der Waals surface area (Å²) in [5.41, 5.74) is 7.99. The number of aromatic nitrogens is 2. The van der Waals surface area contributed by atoms with Crippen LogP contribution in [-0.2, 0) is 6.42 Å². The highest BCUT2D eigenvalue weighted by Crippen LogP contribution is 2.35. The fourth-order valence-electron chi connectivity index (χ4n) is 4.09. The first kappa shape index (κ1) is 19.0. The maximum Gasteiger partial charge on any atom is 0.133 e. The van der Waals surface area contributed by atoms with Crippen LogP contribution in [-0.4, -0.2) is 16.3 Å². The minimum absolute atomic E-state index is 0.763. The molecule has 4 aromatic rings. The molecular formula is C26H24ClN3. The van der Waals surface area contributed by atoms with Crippen LogP contribution in [0.1, 0.15) is 24.0 Å². The minimum atomic E-state index is 0.763. The SMILES string of the molecule is Cc1ccc(-n2nc(-c3ccc(-c4ccccc4)cc3)c3c2NCCCC3)cc1Cl. The normalized spacial score (nSPS) is 13.4. The minimum Gasteiger partial charge on any atom is -0.370 e. The molecule has 0 saturated carbocycles. The molecule has 0 saturated heterocycles. The van der Waals surface area contributed by atoms with Crippen molar-refractivity contribution in [1.29, 1.82) is 0 Å². The zero-order chi connectivity index (χ0) is 20.5. The summed E-state index contributed by atoms with van der Waals surface area (Å²) < 4.78 is 2.02. The van der Waals surface area contributed by atoms with Crippen LogP contribution < -0.4 is 5.32 Å². The van der Waals surface area contributed by atoms with E-state index in [1.165, 1.54) is 16.7 Å². The first-order valence-corrected chi connectivity index (χ1v) is 10.9. The van der Waals surface area contributed by atoms with E-state index >= 15 is 0 Å². The molecule has 2 heterocycles. The predicted molar refractivity (Wildman–Crippen MR) is 126 cm³/mol. The van der Waals surface area contributed by atoms with Gasteiger partial charge in [0.15, 0.2) is 0 Å². The van der Waals surface area contributed by atoms with Gasteiger partial charge in [-0.25, -0.2) is 4.68 Å². The monoisotopic (exact) mass is 413 g/mol. The fourth-order valence-corrected chi connectivity index (χ4v) is 4.26. The summed E-state index contributed by atoms with van der Waals surface area (Å²) >= 11 is 6.42. The maximum absolute atomic E-state index is 6.42. The zero-order valence-electron chi connectivity index (χ0n) is 17.0. The molecule has 1 N–H and O–H groups in total. The lowest BCUT2D eigenvalue weighted by molar-refractivity contribution is 0.780. The van der Waals surface area contributed by atoms with Gasteiger partial charge in [-0.05, 0) is 55.0 Å². The molecule has 1 aliphatic heterocycles. The molecule has 0 radical (unpaired) electrons. The van der Waals surface area contributed by atoms with Gasteiger partial charge in [0.05, 0.1) is 11.4 Å². The van der Waals surface area contributed by atoms with E-state index in [1.807, 2.05) is 23.7 Å². The predicted octanol–water partition coefficient (Wildman–Crippen LogP) is 6.92. The van der Waals surface area contributed by atoms with Crippen LogP contribution >= 0.6 is 11.6 Å². The van der Waals surface area contributed by atoms with E-state index < -0.39 is 0 Å². The Kier molecular flexibility index (Phi) is 5.06. The molecule has 5 rings (SSSR count). The molecule has 4 heteroatoms. The lowest BCUT2D eigenvalue weighted by Crippen LogP contribution is -2.07. The molecule has 0 bridgehead atoms. The third-order valence-corrected chi connectivity index (χ3v) is 6.20. The van der Waals surface area contributed by atoms with Crippen molar-refractivity contribution >= 4 is 17.4 Å². The summed E-state index contributed by atoms with van der Waals surface area (Å²) in [7, 11) is 0. The van der Waals surface area contributed by atoms with Crippen LogP contribution in [0.25, 0.3) is 28.1 Å². The number of nitrogens with zero attached hydrogens (tertiary/aromatic N) is 2. The van der Waals surface area contributed by atoms with Gasteiger partial charge >= 0.3 is 0 Å². The summed E-state index contributed by atoms with van der Waals surface area (Å²) in [5.74, 6) is 1.09. The molecule has 0 spiro atoms. The third kappa shape index (κ3) is 3.50. The van der Waals surface area contributed by atoms with Gasteiger partial charge in [0.2, 0.25) is 0 Å². The van der Waals surface area contributed by atoms with Crippen LogP contribution in [0.5, 0.6) is 0 Å². The van der Waals surface area contributed by atoms with E-state index in [0.29, 0.717) is 0 Å². The largest absolute Gasteiger partial charge is 0.370 e. The van der Waals surface area contributed by atoms with E-state index in [4.69, 9.17) is 16.7 Å². The Bertz CT molecular complexity index is 1180. The van der Waals surface area contributed by atoms with E-state index in [1.54, 1.807) is 0 Å².